The van der Waals surface area contributed by atoms with Crippen LogP contribution in [0.4, 0.5) is 10.1 Å². The fraction of sp³-hybridized carbons (Fsp3) is 0.214. The molecule has 1 amide bonds. The highest BCUT2D eigenvalue weighted by atomic mass is 19.1. The Kier molecular flexibility index (Phi) is 5.59. The topological polar surface area (TPSA) is 96.5 Å². The summed E-state index contributed by atoms with van der Waals surface area (Å²) in [6.07, 6.45) is 8.69. The maximum atomic E-state index is 13.8. The highest BCUT2D eigenvalue weighted by Gasteiger charge is 2.50. The van der Waals surface area contributed by atoms with E-state index in [0.29, 0.717) is 5.69 Å². The van der Waals surface area contributed by atoms with Crippen LogP contribution < -0.4 is 4.90 Å². The zero-order valence-corrected chi connectivity index (χ0v) is 20.8. The summed E-state index contributed by atoms with van der Waals surface area (Å²) in [5.41, 5.74) is 3.23. The lowest BCUT2D eigenvalue weighted by Crippen LogP contribution is -2.42. The molecule has 2 aliphatic rings. The molecule has 1 fully saturated rings. The number of fused-ring (bicyclic) bond motifs is 1. The van der Waals surface area contributed by atoms with Crippen molar-refractivity contribution in [2.75, 3.05) is 11.4 Å². The summed E-state index contributed by atoms with van der Waals surface area (Å²) in [5, 5.41) is 19.5. The average molecular weight is 513 g/mol. The molecule has 4 heterocycles. The summed E-state index contributed by atoms with van der Waals surface area (Å²) in [4.78, 5) is 29.2. The van der Waals surface area contributed by atoms with E-state index in [2.05, 4.69) is 10.2 Å². The molecule has 192 valence electrons. The van der Waals surface area contributed by atoms with E-state index in [9.17, 15) is 19.1 Å². The van der Waals surface area contributed by atoms with Crippen molar-refractivity contribution in [3.63, 3.8) is 0 Å². The number of allylic oxidation sites excluding steroid dienone is 2. The monoisotopic (exact) mass is 512 g/mol. The molecule has 3 atom stereocenters. The number of hydrogen-bond acceptors (Lipinski definition) is 5. The van der Waals surface area contributed by atoms with Gasteiger partial charge in [-0.3, -0.25) is 9.48 Å². The van der Waals surface area contributed by atoms with Crippen molar-refractivity contribution in [3.05, 3.63) is 96.4 Å². The van der Waals surface area contributed by atoms with E-state index in [1.807, 2.05) is 55.5 Å². The zero-order valence-electron chi connectivity index (χ0n) is 20.8. The van der Waals surface area contributed by atoms with Gasteiger partial charge in [0, 0.05) is 30.9 Å². The highest BCUT2D eigenvalue weighted by Crippen LogP contribution is 2.43. The lowest BCUT2D eigenvalue weighted by Gasteiger charge is -2.36. The van der Waals surface area contributed by atoms with E-state index < -0.39 is 17.9 Å². The lowest BCUT2D eigenvalue weighted by molar-refractivity contribution is -0.133. The van der Waals surface area contributed by atoms with Gasteiger partial charge in [0.1, 0.15) is 11.9 Å². The SMILES string of the molecule is CC1C(=O)N(c2ccc3c(cnn3-c3ccc(F)cc3)c2)C(c2ccn(C)n2)C1N1C=CC=C(C(=O)O)C1. The maximum Gasteiger partial charge on any atom is 0.333 e. The van der Waals surface area contributed by atoms with E-state index in [-0.39, 0.29) is 29.9 Å². The van der Waals surface area contributed by atoms with Crippen LogP contribution >= 0.6 is 0 Å². The van der Waals surface area contributed by atoms with Crippen LogP contribution in [0.15, 0.2) is 84.8 Å². The van der Waals surface area contributed by atoms with Crippen LogP contribution in [0.3, 0.4) is 0 Å². The number of benzene rings is 2. The average Bonchev–Trinajstić information content (AvgIpc) is 3.60. The second kappa shape index (κ2) is 8.98. The minimum absolute atomic E-state index is 0.0734. The lowest BCUT2D eigenvalue weighted by atomic mass is 9.95. The summed E-state index contributed by atoms with van der Waals surface area (Å²) < 4.78 is 16.9. The van der Waals surface area contributed by atoms with Crippen LogP contribution in [0.1, 0.15) is 18.7 Å². The molecule has 9 nitrogen and oxygen atoms in total. The number of amides is 1. The van der Waals surface area contributed by atoms with Crippen LogP contribution in [0, 0.1) is 11.7 Å². The smallest absolute Gasteiger partial charge is 0.333 e. The number of halogens is 1. The number of aryl methyl sites for hydroxylation is 1. The Hall–Kier alpha value is -4.73. The van der Waals surface area contributed by atoms with Crippen LogP contribution in [-0.2, 0) is 16.6 Å². The summed E-state index contributed by atoms with van der Waals surface area (Å²) in [5.74, 6) is -1.79. The Balaban J connectivity index is 1.42. The van der Waals surface area contributed by atoms with E-state index in [1.54, 1.807) is 44.7 Å². The molecule has 1 N–H and O–H groups in total. The quantitative estimate of drug-likeness (QED) is 0.437. The Morgan fingerprint density at radius 2 is 1.87 bits per heavy atom. The number of carboxylic acids is 1. The normalized spacial score (nSPS) is 21.4. The number of nitrogens with zero attached hydrogens (tertiary/aromatic N) is 6. The zero-order chi connectivity index (χ0) is 26.6. The number of aliphatic carboxylic acids is 1. The summed E-state index contributed by atoms with van der Waals surface area (Å²) in [6, 6.07) is 12.9. The van der Waals surface area contributed by atoms with Crippen molar-refractivity contribution in [1.82, 2.24) is 24.5 Å². The predicted octanol–water partition coefficient (Wildman–Crippen LogP) is 3.83. The molecule has 2 aromatic heterocycles. The molecule has 0 spiro atoms. The number of carbonyl (C=O) groups is 2. The highest BCUT2D eigenvalue weighted by molar-refractivity contribution is 6.01. The largest absolute Gasteiger partial charge is 0.478 e. The van der Waals surface area contributed by atoms with Gasteiger partial charge in [0.15, 0.2) is 0 Å². The first-order valence-electron chi connectivity index (χ1n) is 12.2. The Labute approximate surface area is 217 Å². The molecule has 2 aromatic carbocycles. The van der Waals surface area contributed by atoms with Crippen molar-refractivity contribution in [2.45, 2.75) is 19.0 Å². The standard InChI is InChI=1S/C28H25FN6O3/c1-17-25(33-12-3-4-18(16-33)28(37)38)26(23-11-13-32(2)31-23)34(27(17)36)22-9-10-24-19(14-22)15-30-35(24)21-7-5-20(29)6-8-21/h3-15,17,25-26H,16H2,1-2H3,(H,37,38). The molecular formula is C28H25FN6O3. The maximum absolute atomic E-state index is 13.8. The summed E-state index contributed by atoms with van der Waals surface area (Å²) in [7, 11) is 1.82. The first-order chi connectivity index (χ1) is 18.3. The van der Waals surface area contributed by atoms with Crippen molar-refractivity contribution in [3.8, 4) is 5.69 Å². The molecule has 10 heteroatoms. The van der Waals surface area contributed by atoms with Crippen molar-refractivity contribution < 1.29 is 19.1 Å². The number of anilines is 1. The van der Waals surface area contributed by atoms with E-state index in [0.717, 1.165) is 22.3 Å². The third-order valence-electron chi connectivity index (χ3n) is 7.26. The number of carbonyl (C=O) groups excluding carboxylic acids is 1. The molecule has 1 saturated heterocycles. The van der Waals surface area contributed by atoms with Gasteiger partial charge in [-0.25, -0.2) is 13.9 Å². The first kappa shape index (κ1) is 23.7. The molecule has 6 rings (SSSR count). The van der Waals surface area contributed by atoms with Crippen LogP contribution in [0.25, 0.3) is 16.6 Å². The molecule has 0 bridgehead atoms. The van der Waals surface area contributed by atoms with Gasteiger partial charge in [0.25, 0.3) is 0 Å². The Bertz CT molecular complexity index is 1620. The molecule has 0 saturated carbocycles. The first-order valence-corrected chi connectivity index (χ1v) is 12.2. The van der Waals surface area contributed by atoms with Crippen molar-refractivity contribution in [2.24, 2.45) is 13.0 Å². The number of rotatable bonds is 5. The van der Waals surface area contributed by atoms with E-state index in [1.165, 1.54) is 12.1 Å². The van der Waals surface area contributed by atoms with Gasteiger partial charge in [0.2, 0.25) is 5.91 Å². The molecule has 2 aliphatic heterocycles. The molecule has 0 aliphatic carbocycles. The molecule has 0 radical (unpaired) electrons. The number of hydrogen-bond donors (Lipinski definition) is 1. The van der Waals surface area contributed by atoms with E-state index >= 15 is 0 Å². The molecule has 38 heavy (non-hydrogen) atoms. The van der Waals surface area contributed by atoms with Crippen LogP contribution in [0.5, 0.6) is 0 Å². The van der Waals surface area contributed by atoms with Gasteiger partial charge < -0.3 is 14.9 Å². The van der Waals surface area contributed by atoms with Gasteiger partial charge in [-0.2, -0.15) is 10.2 Å². The third kappa shape index (κ3) is 3.85. The van der Waals surface area contributed by atoms with Crippen molar-refractivity contribution in [1.29, 1.82) is 0 Å². The molecular weight excluding hydrogens is 487 g/mol. The Morgan fingerprint density at radius 3 is 2.58 bits per heavy atom. The second-order valence-electron chi connectivity index (χ2n) is 9.63. The number of aromatic nitrogens is 4. The van der Waals surface area contributed by atoms with Gasteiger partial charge in [-0.1, -0.05) is 6.92 Å². The summed E-state index contributed by atoms with van der Waals surface area (Å²) in [6.45, 7) is 2.06. The van der Waals surface area contributed by atoms with Crippen LogP contribution in [0.2, 0.25) is 0 Å². The van der Waals surface area contributed by atoms with Gasteiger partial charge >= 0.3 is 5.97 Å². The third-order valence-corrected chi connectivity index (χ3v) is 7.26. The fourth-order valence-electron chi connectivity index (χ4n) is 5.46. The minimum Gasteiger partial charge on any atom is -0.478 e. The summed E-state index contributed by atoms with van der Waals surface area (Å²) >= 11 is 0. The molecule has 3 unspecified atom stereocenters. The van der Waals surface area contributed by atoms with Crippen LogP contribution in [-0.4, -0.2) is 54.0 Å². The second-order valence-corrected chi connectivity index (χ2v) is 9.63. The molecule has 4 aromatic rings. The number of carboxylic acid groups (broad SMARTS) is 1. The van der Waals surface area contributed by atoms with Gasteiger partial charge in [-0.05, 0) is 66.9 Å². The minimum atomic E-state index is -0.980. The van der Waals surface area contributed by atoms with Gasteiger partial charge in [0.05, 0.1) is 40.6 Å². The predicted molar refractivity (Wildman–Crippen MR) is 139 cm³/mol. The Morgan fingerprint density at radius 1 is 1.11 bits per heavy atom. The van der Waals surface area contributed by atoms with Crippen molar-refractivity contribution >= 4 is 28.5 Å². The van der Waals surface area contributed by atoms with E-state index in [4.69, 9.17) is 0 Å². The van der Waals surface area contributed by atoms with Gasteiger partial charge in [-0.15, -0.1) is 0 Å². The fourth-order valence-corrected chi connectivity index (χ4v) is 5.46.